The number of nitro benzene ring substituents is 2. The van der Waals surface area contributed by atoms with E-state index < -0.39 is 32.9 Å². The Balaban J connectivity index is 3.17. The van der Waals surface area contributed by atoms with Crippen LogP contribution in [0.15, 0.2) is 12.1 Å². The van der Waals surface area contributed by atoms with E-state index in [4.69, 9.17) is 4.74 Å². The molecule has 0 unspecified atom stereocenters. The molecule has 0 atom stereocenters. The molecule has 1 N–H and O–H groups in total. The van der Waals surface area contributed by atoms with Gasteiger partial charge >= 0.3 is 6.09 Å². The van der Waals surface area contributed by atoms with Crippen molar-refractivity contribution in [2.45, 2.75) is 33.3 Å². The molecule has 0 aliphatic carbocycles. The summed E-state index contributed by atoms with van der Waals surface area (Å²) in [5.74, 6) is 0. The number of ether oxygens (including phenoxy) is 1. The quantitative estimate of drug-likeness (QED) is 0.674. The Kier molecular flexibility index (Phi) is 4.46. The van der Waals surface area contributed by atoms with Crippen LogP contribution in [0.1, 0.15) is 26.3 Å². The van der Waals surface area contributed by atoms with Crippen molar-refractivity contribution >= 4 is 23.2 Å². The number of nitro groups is 2. The van der Waals surface area contributed by atoms with Crippen LogP contribution in [0.25, 0.3) is 0 Å². The summed E-state index contributed by atoms with van der Waals surface area (Å²) in [5, 5.41) is 24.1. The Bertz CT molecular complexity index is 570. The molecule has 0 radical (unpaired) electrons. The summed E-state index contributed by atoms with van der Waals surface area (Å²) in [6.07, 6.45) is -0.852. The van der Waals surface area contributed by atoms with Crippen molar-refractivity contribution < 1.29 is 19.4 Å². The van der Waals surface area contributed by atoms with Crippen LogP contribution in [0.4, 0.5) is 21.9 Å². The van der Waals surface area contributed by atoms with Gasteiger partial charge in [-0.2, -0.15) is 0 Å². The van der Waals surface area contributed by atoms with Gasteiger partial charge in [-0.3, -0.25) is 25.5 Å². The Morgan fingerprint density at radius 3 is 1.90 bits per heavy atom. The van der Waals surface area contributed by atoms with Crippen LogP contribution in [-0.2, 0) is 4.74 Å². The molecular formula is C12H15N3O6. The number of amides is 1. The predicted octanol–water partition coefficient (Wildman–Crippen LogP) is 3.16. The molecule has 0 spiro atoms. The number of benzene rings is 1. The molecule has 21 heavy (non-hydrogen) atoms. The molecule has 0 saturated heterocycles. The Hall–Kier alpha value is -2.71. The van der Waals surface area contributed by atoms with Crippen LogP contribution in [0.2, 0.25) is 0 Å². The number of hydrogen-bond donors (Lipinski definition) is 1. The topological polar surface area (TPSA) is 125 Å². The lowest BCUT2D eigenvalue weighted by Gasteiger charge is -2.19. The molecule has 1 aromatic carbocycles. The maximum atomic E-state index is 11.6. The van der Waals surface area contributed by atoms with Crippen LogP contribution in [0.5, 0.6) is 0 Å². The summed E-state index contributed by atoms with van der Waals surface area (Å²) in [5.41, 5.74) is -1.81. The lowest BCUT2D eigenvalue weighted by atomic mass is 10.1. The molecule has 0 bridgehead atoms. The maximum absolute atomic E-state index is 11.6. The first-order chi connectivity index (χ1) is 9.51. The third kappa shape index (κ3) is 4.41. The van der Waals surface area contributed by atoms with E-state index in [0.717, 1.165) is 12.1 Å². The molecule has 9 heteroatoms. The van der Waals surface area contributed by atoms with Gasteiger partial charge in [0.1, 0.15) is 11.2 Å². The zero-order valence-corrected chi connectivity index (χ0v) is 12.0. The summed E-state index contributed by atoms with van der Waals surface area (Å²) < 4.78 is 4.98. The van der Waals surface area contributed by atoms with Gasteiger partial charge in [-0.25, -0.2) is 4.79 Å². The zero-order valence-electron chi connectivity index (χ0n) is 12.0. The van der Waals surface area contributed by atoms with Gasteiger partial charge in [0.15, 0.2) is 0 Å². The average molecular weight is 297 g/mol. The number of nitrogens with zero attached hydrogens (tertiary/aromatic N) is 2. The van der Waals surface area contributed by atoms with Gasteiger partial charge in [0.25, 0.3) is 11.4 Å². The van der Waals surface area contributed by atoms with Crippen LogP contribution in [0.3, 0.4) is 0 Å². The van der Waals surface area contributed by atoms with Gasteiger partial charge in [-0.15, -0.1) is 0 Å². The van der Waals surface area contributed by atoms with Gasteiger partial charge in [0.05, 0.1) is 15.5 Å². The fourth-order valence-electron chi connectivity index (χ4n) is 1.56. The van der Waals surface area contributed by atoms with Crippen LogP contribution < -0.4 is 5.32 Å². The Labute approximate surface area is 120 Å². The smallest absolute Gasteiger partial charge is 0.412 e. The fraction of sp³-hybridized carbons (Fsp3) is 0.417. The van der Waals surface area contributed by atoms with Crippen molar-refractivity contribution in [2.75, 3.05) is 5.32 Å². The van der Waals surface area contributed by atoms with E-state index in [0.29, 0.717) is 0 Å². The molecule has 0 fully saturated rings. The molecule has 1 aromatic rings. The normalized spacial score (nSPS) is 10.9. The Morgan fingerprint density at radius 1 is 1.14 bits per heavy atom. The second kappa shape index (κ2) is 5.73. The summed E-state index contributed by atoms with van der Waals surface area (Å²) in [7, 11) is 0. The van der Waals surface area contributed by atoms with Gasteiger partial charge in [-0.1, -0.05) is 0 Å². The minimum absolute atomic E-state index is 0.0757. The van der Waals surface area contributed by atoms with Gasteiger partial charge < -0.3 is 4.74 Å². The lowest BCUT2D eigenvalue weighted by Crippen LogP contribution is -2.27. The van der Waals surface area contributed by atoms with E-state index in [2.05, 4.69) is 5.32 Å². The van der Waals surface area contributed by atoms with Crippen molar-refractivity contribution in [3.63, 3.8) is 0 Å². The maximum Gasteiger partial charge on any atom is 0.412 e. The third-order valence-electron chi connectivity index (χ3n) is 2.39. The van der Waals surface area contributed by atoms with E-state index >= 15 is 0 Å². The van der Waals surface area contributed by atoms with Crippen LogP contribution in [0, 0.1) is 27.2 Å². The largest absolute Gasteiger partial charge is 0.444 e. The first-order valence-electron chi connectivity index (χ1n) is 5.94. The first kappa shape index (κ1) is 16.3. The molecule has 1 rings (SSSR count). The highest BCUT2D eigenvalue weighted by molar-refractivity contribution is 5.86. The molecule has 1 amide bonds. The highest BCUT2D eigenvalue weighted by Crippen LogP contribution is 2.31. The summed E-state index contributed by atoms with van der Waals surface area (Å²) in [4.78, 5) is 31.9. The Morgan fingerprint density at radius 2 is 1.57 bits per heavy atom. The highest BCUT2D eigenvalue weighted by Gasteiger charge is 2.24. The van der Waals surface area contributed by atoms with Crippen LogP contribution in [-0.4, -0.2) is 21.5 Å². The molecule has 0 saturated carbocycles. The predicted molar refractivity (Wildman–Crippen MR) is 74.3 cm³/mol. The van der Waals surface area contributed by atoms with E-state index in [1.165, 1.54) is 6.92 Å². The number of rotatable bonds is 3. The fourth-order valence-corrected chi connectivity index (χ4v) is 1.56. The molecule has 0 aliphatic heterocycles. The van der Waals surface area contributed by atoms with E-state index in [-0.39, 0.29) is 11.3 Å². The lowest BCUT2D eigenvalue weighted by molar-refractivity contribution is -0.395. The van der Waals surface area contributed by atoms with Crippen molar-refractivity contribution in [3.05, 3.63) is 37.9 Å². The summed E-state index contributed by atoms with van der Waals surface area (Å²) in [6, 6.07) is 2.10. The van der Waals surface area contributed by atoms with E-state index in [9.17, 15) is 25.0 Å². The minimum atomic E-state index is -0.852. The van der Waals surface area contributed by atoms with Gasteiger partial charge in [0.2, 0.25) is 0 Å². The second-order valence-electron chi connectivity index (χ2n) is 5.28. The monoisotopic (exact) mass is 297 g/mol. The van der Waals surface area contributed by atoms with Crippen molar-refractivity contribution in [2.24, 2.45) is 0 Å². The minimum Gasteiger partial charge on any atom is -0.444 e. The number of hydrogen-bond acceptors (Lipinski definition) is 6. The summed E-state index contributed by atoms with van der Waals surface area (Å²) in [6.45, 7) is 6.21. The van der Waals surface area contributed by atoms with E-state index in [1.807, 2.05) is 0 Å². The molecule has 0 aromatic heterocycles. The molecule has 114 valence electrons. The van der Waals surface area contributed by atoms with Crippen molar-refractivity contribution in [1.82, 2.24) is 0 Å². The SMILES string of the molecule is Cc1c([N+](=O)[O-])cc(NC(=O)OC(C)(C)C)cc1[N+](=O)[O-]. The number of carbonyl (C=O) groups is 1. The first-order valence-corrected chi connectivity index (χ1v) is 5.94. The number of carbonyl (C=O) groups excluding carboxylic acids is 1. The number of anilines is 1. The van der Waals surface area contributed by atoms with Crippen molar-refractivity contribution in [1.29, 1.82) is 0 Å². The standard InChI is InChI=1S/C12H15N3O6/c1-7-9(14(17)18)5-8(6-10(7)15(19)20)13-11(16)21-12(2,3)4/h5-6H,1-4H3,(H,13,16). The number of nitrogens with one attached hydrogen (secondary N) is 1. The molecule has 0 heterocycles. The summed E-state index contributed by atoms with van der Waals surface area (Å²) >= 11 is 0. The highest BCUT2D eigenvalue weighted by atomic mass is 16.6. The van der Waals surface area contributed by atoms with Gasteiger partial charge in [-0.05, 0) is 27.7 Å². The van der Waals surface area contributed by atoms with Gasteiger partial charge in [0, 0.05) is 12.1 Å². The van der Waals surface area contributed by atoms with E-state index in [1.54, 1.807) is 20.8 Å². The third-order valence-corrected chi connectivity index (χ3v) is 2.39. The van der Waals surface area contributed by atoms with Crippen LogP contribution >= 0.6 is 0 Å². The molecule has 9 nitrogen and oxygen atoms in total. The van der Waals surface area contributed by atoms with Crippen molar-refractivity contribution in [3.8, 4) is 0 Å². The molecular weight excluding hydrogens is 282 g/mol. The molecule has 0 aliphatic rings. The second-order valence-corrected chi connectivity index (χ2v) is 5.28. The zero-order chi connectivity index (χ0) is 16.4. The average Bonchev–Trinajstić information content (AvgIpc) is 2.27.